The Morgan fingerprint density at radius 3 is 2.61 bits per heavy atom. The monoisotopic (exact) mass is 377 g/mol. The van der Waals surface area contributed by atoms with Gasteiger partial charge in [0.15, 0.2) is 0 Å². The number of carbonyl (C=O) groups excluding carboxylic acids is 1. The third-order valence-corrected chi connectivity index (χ3v) is 5.45. The Morgan fingerprint density at radius 1 is 1.11 bits per heavy atom. The van der Waals surface area contributed by atoms with Crippen LogP contribution in [0.4, 0.5) is 5.69 Å². The summed E-state index contributed by atoms with van der Waals surface area (Å²) < 4.78 is 5.59. The molecule has 2 aromatic carbocycles. The molecule has 5 nitrogen and oxygen atoms in total. The minimum atomic E-state index is -0.242. The zero-order valence-electron chi connectivity index (χ0n) is 16.4. The number of likely N-dealkylation sites (tertiary alicyclic amines) is 1. The zero-order valence-corrected chi connectivity index (χ0v) is 16.4. The molecule has 146 valence electrons. The van der Waals surface area contributed by atoms with E-state index in [1.807, 2.05) is 42.3 Å². The van der Waals surface area contributed by atoms with Crippen LogP contribution in [-0.4, -0.2) is 42.8 Å². The summed E-state index contributed by atoms with van der Waals surface area (Å²) in [6.45, 7) is 6.42. The molecule has 5 heteroatoms. The number of hydrogen-bond acceptors (Lipinski definition) is 5. The Bertz CT molecular complexity index is 833. The van der Waals surface area contributed by atoms with Crippen LogP contribution in [0, 0.1) is 5.92 Å². The SMILES string of the molecule is CC1=NN(c2ccc(C(=O)OC[C@H]3CCN(Cc4ccccc4)C3)cc2)CC1. The predicted octanol–water partition coefficient (Wildman–Crippen LogP) is 3.95. The molecule has 0 aliphatic carbocycles. The molecule has 2 aliphatic rings. The molecule has 1 fully saturated rings. The maximum Gasteiger partial charge on any atom is 0.338 e. The van der Waals surface area contributed by atoms with Crippen molar-refractivity contribution in [3.8, 4) is 0 Å². The molecule has 2 heterocycles. The van der Waals surface area contributed by atoms with Gasteiger partial charge in [0.25, 0.3) is 0 Å². The van der Waals surface area contributed by atoms with Gasteiger partial charge < -0.3 is 4.74 Å². The summed E-state index contributed by atoms with van der Waals surface area (Å²) >= 11 is 0. The molecule has 0 radical (unpaired) electrons. The first-order chi connectivity index (χ1) is 13.7. The van der Waals surface area contributed by atoms with Gasteiger partial charge in [-0.1, -0.05) is 30.3 Å². The molecule has 28 heavy (non-hydrogen) atoms. The highest BCUT2D eigenvalue weighted by atomic mass is 16.5. The van der Waals surface area contributed by atoms with E-state index in [-0.39, 0.29) is 5.97 Å². The van der Waals surface area contributed by atoms with Crippen molar-refractivity contribution in [3.63, 3.8) is 0 Å². The number of rotatable bonds is 6. The maximum absolute atomic E-state index is 12.4. The molecule has 1 saturated heterocycles. The highest BCUT2D eigenvalue weighted by molar-refractivity contribution is 5.90. The molecule has 0 unspecified atom stereocenters. The minimum absolute atomic E-state index is 0.242. The standard InChI is InChI=1S/C23H27N3O2/c1-18-11-14-26(24-18)22-9-7-21(8-10-22)23(27)28-17-20-12-13-25(16-20)15-19-5-3-2-4-6-19/h2-10,20H,11-17H2,1H3/t20-/m0/s1. The van der Waals surface area contributed by atoms with Gasteiger partial charge in [-0.05, 0) is 49.7 Å². The number of hydrazone groups is 1. The first-order valence-corrected chi connectivity index (χ1v) is 10.0. The van der Waals surface area contributed by atoms with Gasteiger partial charge in [-0.15, -0.1) is 0 Å². The van der Waals surface area contributed by atoms with Gasteiger partial charge in [0.2, 0.25) is 0 Å². The molecule has 0 amide bonds. The molecule has 0 spiro atoms. The lowest BCUT2D eigenvalue weighted by Gasteiger charge is -2.16. The fourth-order valence-corrected chi connectivity index (χ4v) is 3.84. The van der Waals surface area contributed by atoms with Crippen molar-refractivity contribution in [2.24, 2.45) is 11.0 Å². The molecular weight excluding hydrogens is 350 g/mol. The second kappa shape index (κ2) is 8.57. The number of esters is 1. The molecule has 0 saturated carbocycles. The lowest BCUT2D eigenvalue weighted by molar-refractivity contribution is 0.0443. The quantitative estimate of drug-likeness (QED) is 0.715. The van der Waals surface area contributed by atoms with E-state index in [9.17, 15) is 4.79 Å². The van der Waals surface area contributed by atoms with Gasteiger partial charge in [0, 0.05) is 37.7 Å². The molecule has 0 bridgehead atoms. The van der Waals surface area contributed by atoms with Crippen LogP contribution in [0.3, 0.4) is 0 Å². The van der Waals surface area contributed by atoms with Crippen LogP contribution < -0.4 is 5.01 Å². The van der Waals surface area contributed by atoms with Crippen molar-refractivity contribution in [2.45, 2.75) is 26.3 Å². The van der Waals surface area contributed by atoms with Crippen molar-refractivity contribution in [3.05, 3.63) is 65.7 Å². The summed E-state index contributed by atoms with van der Waals surface area (Å²) in [5.41, 5.74) is 4.09. The maximum atomic E-state index is 12.4. The van der Waals surface area contributed by atoms with E-state index < -0.39 is 0 Å². The number of anilines is 1. The van der Waals surface area contributed by atoms with Gasteiger partial charge in [-0.3, -0.25) is 9.91 Å². The Kier molecular flexibility index (Phi) is 5.72. The van der Waals surface area contributed by atoms with Gasteiger partial charge in [0.05, 0.1) is 17.9 Å². The molecule has 0 N–H and O–H groups in total. The topological polar surface area (TPSA) is 45.1 Å². The van der Waals surface area contributed by atoms with Crippen molar-refractivity contribution < 1.29 is 9.53 Å². The number of nitrogens with zero attached hydrogens (tertiary/aromatic N) is 3. The van der Waals surface area contributed by atoms with Crippen molar-refractivity contribution in [2.75, 3.05) is 31.3 Å². The van der Waals surface area contributed by atoms with E-state index in [4.69, 9.17) is 4.74 Å². The highest BCUT2D eigenvalue weighted by Gasteiger charge is 2.24. The van der Waals surface area contributed by atoms with Crippen molar-refractivity contribution in [1.82, 2.24) is 4.90 Å². The second-order valence-corrected chi connectivity index (χ2v) is 7.73. The van der Waals surface area contributed by atoms with Crippen LogP contribution in [0.2, 0.25) is 0 Å². The summed E-state index contributed by atoms with van der Waals surface area (Å²) in [5.74, 6) is 0.169. The Balaban J connectivity index is 1.24. The summed E-state index contributed by atoms with van der Waals surface area (Å²) in [6, 6.07) is 18.1. The Morgan fingerprint density at radius 2 is 1.89 bits per heavy atom. The Hall–Kier alpha value is -2.66. The number of benzene rings is 2. The molecular formula is C23H27N3O2. The van der Waals surface area contributed by atoms with Gasteiger partial charge >= 0.3 is 5.97 Å². The molecule has 4 rings (SSSR count). The zero-order chi connectivity index (χ0) is 19.3. The third kappa shape index (κ3) is 4.60. The molecule has 2 aromatic rings. The Labute approximate surface area is 166 Å². The second-order valence-electron chi connectivity index (χ2n) is 7.73. The van der Waals surface area contributed by atoms with Crippen LogP contribution in [0.5, 0.6) is 0 Å². The fraction of sp³-hybridized carbons (Fsp3) is 0.391. The van der Waals surface area contributed by atoms with E-state index in [0.717, 1.165) is 50.4 Å². The van der Waals surface area contributed by atoms with Crippen LogP contribution in [0.1, 0.15) is 35.7 Å². The highest BCUT2D eigenvalue weighted by Crippen LogP contribution is 2.22. The summed E-state index contributed by atoms with van der Waals surface area (Å²) in [4.78, 5) is 14.8. The summed E-state index contributed by atoms with van der Waals surface area (Å²) in [6.07, 6.45) is 2.07. The van der Waals surface area contributed by atoms with Crippen molar-refractivity contribution >= 4 is 17.4 Å². The normalized spacial score (nSPS) is 19.7. The smallest absolute Gasteiger partial charge is 0.338 e. The number of ether oxygens (including phenoxy) is 1. The van der Waals surface area contributed by atoms with E-state index in [1.54, 1.807) is 0 Å². The van der Waals surface area contributed by atoms with Crippen LogP contribution >= 0.6 is 0 Å². The van der Waals surface area contributed by atoms with E-state index in [2.05, 4.69) is 34.3 Å². The van der Waals surface area contributed by atoms with Gasteiger partial charge in [-0.2, -0.15) is 5.10 Å². The fourth-order valence-electron chi connectivity index (χ4n) is 3.84. The predicted molar refractivity (Wildman–Crippen MR) is 112 cm³/mol. The largest absolute Gasteiger partial charge is 0.462 e. The average Bonchev–Trinajstić information content (AvgIpc) is 3.36. The van der Waals surface area contributed by atoms with Crippen LogP contribution in [0.25, 0.3) is 0 Å². The number of carbonyl (C=O) groups is 1. The van der Waals surface area contributed by atoms with Crippen LogP contribution in [0.15, 0.2) is 59.7 Å². The van der Waals surface area contributed by atoms with E-state index >= 15 is 0 Å². The lowest BCUT2D eigenvalue weighted by atomic mass is 10.1. The lowest BCUT2D eigenvalue weighted by Crippen LogP contribution is -2.22. The van der Waals surface area contributed by atoms with Gasteiger partial charge in [0.1, 0.15) is 0 Å². The molecule has 1 atom stereocenters. The molecule has 2 aliphatic heterocycles. The third-order valence-electron chi connectivity index (χ3n) is 5.45. The average molecular weight is 377 g/mol. The molecule has 0 aromatic heterocycles. The first kappa shape index (κ1) is 18.7. The number of hydrogen-bond donors (Lipinski definition) is 0. The minimum Gasteiger partial charge on any atom is -0.462 e. The van der Waals surface area contributed by atoms with E-state index in [0.29, 0.717) is 18.1 Å². The van der Waals surface area contributed by atoms with Crippen molar-refractivity contribution in [1.29, 1.82) is 0 Å². The van der Waals surface area contributed by atoms with E-state index in [1.165, 1.54) is 5.56 Å². The first-order valence-electron chi connectivity index (χ1n) is 10.0. The van der Waals surface area contributed by atoms with Crippen LogP contribution in [-0.2, 0) is 11.3 Å². The van der Waals surface area contributed by atoms with Gasteiger partial charge in [-0.25, -0.2) is 4.79 Å². The summed E-state index contributed by atoms with van der Waals surface area (Å²) in [5, 5.41) is 6.46. The summed E-state index contributed by atoms with van der Waals surface area (Å²) in [7, 11) is 0.